The van der Waals surface area contributed by atoms with E-state index in [4.69, 9.17) is 21.4 Å². The number of benzene rings is 4. The lowest BCUT2D eigenvalue weighted by Crippen LogP contribution is -2.20. The van der Waals surface area contributed by atoms with Crippen LogP contribution in [0, 0.1) is 5.82 Å². The minimum Gasteiger partial charge on any atom is -0.478 e. The molecule has 0 atom stereocenters. The molecule has 0 radical (unpaired) electrons. The van der Waals surface area contributed by atoms with Crippen molar-refractivity contribution in [3.05, 3.63) is 107 Å². The molecule has 4 rings (SSSR count). The average molecular weight is 533 g/mol. The monoisotopic (exact) mass is 532 g/mol. The maximum absolute atomic E-state index is 14.4. The van der Waals surface area contributed by atoms with Crippen LogP contribution in [0.4, 0.5) is 20.6 Å². The van der Waals surface area contributed by atoms with Crippen molar-refractivity contribution in [2.75, 3.05) is 10.6 Å². The molecule has 194 valence electrons. The maximum Gasteiger partial charge on any atom is 0.338 e. The summed E-state index contributed by atoms with van der Waals surface area (Å²) in [5, 5.41) is 15.0. The lowest BCUT2D eigenvalue weighted by Gasteiger charge is -2.23. The summed E-state index contributed by atoms with van der Waals surface area (Å²) in [4.78, 5) is 24.1. The molecule has 2 amide bonds. The number of carbonyl (C=O) groups excluding carboxylic acids is 1. The van der Waals surface area contributed by atoms with Gasteiger partial charge < -0.3 is 20.5 Å². The summed E-state index contributed by atoms with van der Waals surface area (Å²) >= 11 is 6.18. The molecule has 8 heteroatoms. The molecule has 0 spiro atoms. The van der Waals surface area contributed by atoms with Crippen LogP contribution in [0.1, 0.15) is 36.7 Å². The number of hydrogen-bond donors (Lipinski definition) is 3. The third-order valence-corrected chi connectivity index (χ3v) is 6.13. The van der Waals surface area contributed by atoms with E-state index in [0.29, 0.717) is 39.0 Å². The Kier molecular flexibility index (Phi) is 7.69. The lowest BCUT2D eigenvalue weighted by molar-refractivity contribution is 0.0692. The number of carboxylic acids is 1. The van der Waals surface area contributed by atoms with Crippen LogP contribution in [-0.2, 0) is 5.41 Å². The third-order valence-electron chi connectivity index (χ3n) is 5.80. The summed E-state index contributed by atoms with van der Waals surface area (Å²) in [6, 6.07) is 22.8. The normalized spacial score (nSPS) is 11.1. The highest BCUT2D eigenvalue weighted by molar-refractivity contribution is 6.33. The fourth-order valence-electron chi connectivity index (χ4n) is 3.90. The van der Waals surface area contributed by atoms with Gasteiger partial charge in [0, 0.05) is 5.56 Å². The fourth-order valence-corrected chi connectivity index (χ4v) is 4.08. The number of para-hydroxylation sites is 2. The van der Waals surface area contributed by atoms with Gasteiger partial charge in [-0.2, -0.15) is 0 Å². The summed E-state index contributed by atoms with van der Waals surface area (Å²) in [6.07, 6.45) is 0. The molecule has 0 aliphatic rings. The Bertz CT molecular complexity index is 1510. The predicted octanol–water partition coefficient (Wildman–Crippen LogP) is 8.58. The SMILES string of the molecule is CC(C)(C)c1ccccc1Oc1ccc(-c2ccc(C(=O)O)c(F)c2)cc1NC(=O)Nc1ccccc1Cl. The first-order chi connectivity index (χ1) is 18.0. The van der Waals surface area contributed by atoms with Crippen LogP contribution in [0.2, 0.25) is 5.02 Å². The van der Waals surface area contributed by atoms with E-state index >= 15 is 0 Å². The molecule has 0 aliphatic heterocycles. The molecule has 0 heterocycles. The molecule has 4 aromatic rings. The van der Waals surface area contributed by atoms with Crippen LogP contribution in [0.15, 0.2) is 84.9 Å². The van der Waals surface area contributed by atoms with Crippen molar-refractivity contribution in [1.82, 2.24) is 0 Å². The maximum atomic E-state index is 14.4. The summed E-state index contributed by atoms with van der Waals surface area (Å²) in [5.41, 5.74) is 2.07. The first-order valence-electron chi connectivity index (χ1n) is 11.8. The Morgan fingerprint density at radius 3 is 2.13 bits per heavy atom. The smallest absolute Gasteiger partial charge is 0.338 e. The molecule has 0 aromatic heterocycles. The van der Waals surface area contributed by atoms with Gasteiger partial charge in [0.2, 0.25) is 0 Å². The first-order valence-corrected chi connectivity index (χ1v) is 12.2. The van der Waals surface area contributed by atoms with Gasteiger partial charge in [-0.3, -0.25) is 0 Å². The van der Waals surface area contributed by atoms with Crippen molar-refractivity contribution >= 4 is 35.0 Å². The Labute approximate surface area is 225 Å². The van der Waals surface area contributed by atoms with Crippen LogP contribution in [0.3, 0.4) is 0 Å². The van der Waals surface area contributed by atoms with Crippen molar-refractivity contribution in [1.29, 1.82) is 0 Å². The number of amides is 2. The van der Waals surface area contributed by atoms with Crippen LogP contribution >= 0.6 is 11.6 Å². The number of aromatic carboxylic acids is 1. The zero-order chi connectivity index (χ0) is 27.4. The van der Waals surface area contributed by atoms with E-state index in [1.807, 2.05) is 24.3 Å². The van der Waals surface area contributed by atoms with E-state index in [9.17, 15) is 14.0 Å². The molecule has 3 N–H and O–H groups in total. The number of hydrogen-bond acceptors (Lipinski definition) is 3. The number of urea groups is 1. The van der Waals surface area contributed by atoms with Crippen molar-refractivity contribution in [2.45, 2.75) is 26.2 Å². The Morgan fingerprint density at radius 1 is 0.816 bits per heavy atom. The quantitative estimate of drug-likeness (QED) is 0.232. The van der Waals surface area contributed by atoms with Crippen molar-refractivity contribution in [3.8, 4) is 22.6 Å². The zero-order valence-electron chi connectivity index (χ0n) is 21.0. The van der Waals surface area contributed by atoms with Gasteiger partial charge >= 0.3 is 12.0 Å². The van der Waals surface area contributed by atoms with Crippen molar-refractivity contribution < 1.29 is 23.8 Å². The van der Waals surface area contributed by atoms with Crippen LogP contribution in [-0.4, -0.2) is 17.1 Å². The van der Waals surface area contributed by atoms with E-state index in [-0.39, 0.29) is 5.41 Å². The van der Waals surface area contributed by atoms with Gasteiger partial charge in [0.25, 0.3) is 0 Å². The zero-order valence-corrected chi connectivity index (χ0v) is 21.8. The fraction of sp³-hybridized carbons (Fsp3) is 0.133. The highest BCUT2D eigenvalue weighted by Crippen LogP contribution is 2.38. The van der Waals surface area contributed by atoms with Gasteiger partial charge in [-0.05, 0) is 59.0 Å². The molecule has 0 saturated heterocycles. The number of anilines is 2. The topological polar surface area (TPSA) is 87.7 Å². The van der Waals surface area contributed by atoms with Crippen LogP contribution < -0.4 is 15.4 Å². The van der Waals surface area contributed by atoms with E-state index in [0.717, 1.165) is 11.6 Å². The molecule has 6 nitrogen and oxygen atoms in total. The minimum absolute atomic E-state index is 0.199. The van der Waals surface area contributed by atoms with Gasteiger partial charge in [-0.1, -0.05) is 74.8 Å². The van der Waals surface area contributed by atoms with Gasteiger partial charge in [-0.25, -0.2) is 14.0 Å². The molecule has 4 aromatic carbocycles. The van der Waals surface area contributed by atoms with Crippen molar-refractivity contribution in [2.24, 2.45) is 0 Å². The summed E-state index contributed by atoms with van der Waals surface area (Å²) in [6.45, 7) is 6.22. The van der Waals surface area contributed by atoms with E-state index < -0.39 is 23.4 Å². The van der Waals surface area contributed by atoms with Gasteiger partial charge in [-0.15, -0.1) is 0 Å². The molecule has 0 unspecified atom stereocenters. The summed E-state index contributed by atoms with van der Waals surface area (Å²) in [5.74, 6) is -1.23. The molecule has 38 heavy (non-hydrogen) atoms. The number of carbonyl (C=O) groups is 2. The van der Waals surface area contributed by atoms with Crippen molar-refractivity contribution in [3.63, 3.8) is 0 Å². The Balaban J connectivity index is 1.73. The number of carboxylic acid groups (broad SMARTS) is 1. The second kappa shape index (κ2) is 10.9. The summed E-state index contributed by atoms with van der Waals surface area (Å²) in [7, 11) is 0. The highest BCUT2D eigenvalue weighted by atomic mass is 35.5. The number of halogens is 2. The number of rotatable bonds is 6. The lowest BCUT2D eigenvalue weighted by atomic mass is 9.86. The molecule has 0 saturated carbocycles. The molecular weight excluding hydrogens is 507 g/mol. The molecule has 0 fully saturated rings. The highest BCUT2D eigenvalue weighted by Gasteiger charge is 2.20. The first kappa shape index (κ1) is 26.7. The molecule has 0 bridgehead atoms. The van der Waals surface area contributed by atoms with Crippen LogP contribution in [0.25, 0.3) is 11.1 Å². The Morgan fingerprint density at radius 2 is 1.45 bits per heavy atom. The van der Waals surface area contributed by atoms with Gasteiger partial charge in [0.15, 0.2) is 5.75 Å². The third kappa shape index (κ3) is 6.12. The van der Waals surface area contributed by atoms with Gasteiger partial charge in [0.05, 0.1) is 22.0 Å². The number of nitrogens with one attached hydrogen (secondary N) is 2. The van der Waals surface area contributed by atoms with E-state index in [1.165, 1.54) is 12.1 Å². The largest absolute Gasteiger partial charge is 0.478 e. The standard InChI is InChI=1S/C30H26ClFN2O4/c1-30(2,3)21-8-4-7-11-26(21)38-27-15-13-19(18-12-14-20(28(35)36)23(32)16-18)17-25(27)34-29(37)33-24-10-6-5-9-22(24)31/h4-17H,1-3H3,(H,35,36)(H2,33,34,37). The minimum atomic E-state index is -1.35. The molecular formula is C30H26ClFN2O4. The predicted molar refractivity (Wildman–Crippen MR) is 148 cm³/mol. The van der Waals surface area contributed by atoms with E-state index in [1.54, 1.807) is 42.5 Å². The van der Waals surface area contributed by atoms with E-state index in [2.05, 4.69) is 31.4 Å². The summed E-state index contributed by atoms with van der Waals surface area (Å²) < 4.78 is 20.7. The second-order valence-corrected chi connectivity index (χ2v) is 10.0. The average Bonchev–Trinajstić information content (AvgIpc) is 2.86. The number of ether oxygens (including phenoxy) is 1. The second-order valence-electron chi connectivity index (χ2n) is 9.62. The Hall–Kier alpha value is -4.36. The molecule has 0 aliphatic carbocycles. The van der Waals surface area contributed by atoms with Gasteiger partial charge in [0.1, 0.15) is 11.6 Å². The van der Waals surface area contributed by atoms with Crippen LogP contribution in [0.5, 0.6) is 11.5 Å².